The van der Waals surface area contributed by atoms with Crippen molar-refractivity contribution in [2.75, 3.05) is 26.3 Å². The molecule has 3 aromatic rings. The van der Waals surface area contributed by atoms with Gasteiger partial charge in [-0.25, -0.2) is 4.79 Å². The number of carbonyl (C=O) groups excluding carboxylic acids is 1. The molecule has 3 rings (SSSR count). The van der Waals surface area contributed by atoms with Crippen molar-refractivity contribution in [3.05, 3.63) is 69.4 Å². The van der Waals surface area contributed by atoms with E-state index in [1.165, 1.54) is 0 Å². The van der Waals surface area contributed by atoms with E-state index in [0.29, 0.717) is 30.2 Å². The summed E-state index contributed by atoms with van der Waals surface area (Å²) in [4.78, 5) is 14.2. The first-order valence-electron chi connectivity index (χ1n) is 11.1. The highest BCUT2D eigenvalue weighted by Crippen LogP contribution is 2.35. The molecule has 33 heavy (non-hydrogen) atoms. The van der Waals surface area contributed by atoms with Gasteiger partial charge in [-0.05, 0) is 49.1 Å². The molecule has 176 valence electrons. The van der Waals surface area contributed by atoms with E-state index in [0.717, 1.165) is 33.6 Å². The quantitative estimate of drug-likeness (QED) is 0.222. The maximum Gasteiger partial charge on any atom is 0.345 e. The molecule has 0 spiro atoms. The van der Waals surface area contributed by atoms with Crippen LogP contribution in [0.15, 0.2) is 47.8 Å². The second-order valence-electron chi connectivity index (χ2n) is 7.84. The van der Waals surface area contributed by atoms with Crippen molar-refractivity contribution in [3.63, 3.8) is 0 Å². The normalized spacial score (nSPS) is 11.9. The molecule has 6 nitrogen and oxygen atoms in total. The molecule has 1 atom stereocenters. The number of rotatable bonds is 11. The van der Waals surface area contributed by atoms with Gasteiger partial charge in [-0.2, -0.15) is 0 Å². The maximum absolute atomic E-state index is 13.1. The van der Waals surface area contributed by atoms with Gasteiger partial charge < -0.3 is 25.0 Å². The summed E-state index contributed by atoms with van der Waals surface area (Å²) in [6.07, 6.45) is 0.143. The Balaban J connectivity index is 1.73. The number of hydrogen-bond donors (Lipinski definition) is 3. The summed E-state index contributed by atoms with van der Waals surface area (Å²) in [6.45, 7) is 6.73. The van der Waals surface area contributed by atoms with Crippen LogP contribution in [0.1, 0.15) is 33.3 Å². The molecule has 0 bridgehead atoms. The number of ether oxygens (including phenoxy) is 2. The zero-order chi connectivity index (χ0) is 23.8. The lowest BCUT2D eigenvalue weighted by Crippen LogP contribution is -2.33. The molecule has 7 heteroatoms. The van der Waals surface area contributed by atoms with Crippen LogP contribution in [-0.4, -0.2) is 48.6 Å². The first-order valence-corrected chi connectivity index (χ1v) is 11.9. The summed E-state index contributed by atoms with van der Waals surface area (Å²) in [5.74, 6) is 0.725. The smallest absolute Gasteiger partial charge is 0.345 e. The minimum absolute atomic E-state index is 0.0178. The molecule has 0 saturated heterocycles. The van der Waals surface area contributed by atoms with E-state index < -0.39 is 6.10 Å². The maximum atomic E-state index is 13.1. The van der Waals surface area contributed by atoms with Gasteiger partial charge >= 0.3 is 5.97 Å². The van der Waals surface area contributed by atoms with Gasteiger partial charge in [-0.1, -0.05) is 37.3 Å². The van der Waals surface area contributed by atoms with Crippen LogP contribution < -0.4 is 14.8 Å². The summed E-state index contributed by atoms with van der Waals surface area (Å²) in [7, 11) is 0. The van der Waals surface area contributed by atoms with E-state index in [9.17, 15) is 9.90 Å². The molecule has 1 aromatic heterocycles. The Kier molecular flexibility index (Phi) is 9.03. The summed E-state index contributed by atoms with van der Waals surface area (Å²) in [6, 6.07) is 13.4. The van der Waals surface area contributed by atoms with Crippen molar-refractivity contribution in [1.82, 2.24) is 5.32 Å². The van der Waals surface area contributed by atoms with Crippen molar-refractivity contribution in [3.8, 4) is 22.6 Å². The minimum Gasteiger partial charge on any atom is -0.490 e. The van der Waals surface area contributed by atoms with E-state index >= 15 is 0 Å². The Morgan fingerprint density at radius 1 is 1.15 bits per heavy atom. The van der Waals surface area contributed by atoms with Crippen molar-refractivity contribution in [2.24, 2.45) is 0 Å². The second-order valence-corrected chi connectivity index (χ2v) is 8.80. The summed E-state index contributed by atoms with van der Waals surface area (Å²) < 4.78 is 11.6. The molecule has 3 N–H and O–H groups in total. The zero-order valence-electron chi connectivity index (χ0n) is 19.3. The molecule has 1 heterocycles. The monoisotopic (exact) mass is 469 g/mol. The van der Waals surface area contributed by atoms with Crippen LogP contribution in [0.5, 0.6) is 11.5 Å². The number of aryl methyl sites for hydroxylation is 3. The lowest BCUT2D eigenvalue weighted by atomic mass is 10.0. The number of benzene rings is 2. The van der Waals surface area contributed by atoms with Gasteiger partial charge in [-0.3, -0.25) is 0 Å². The SMILES string of the molecule is CCc1scc(C(=O)Oc2cc(C)c(OCC(O)CNCCO)c(C)c2)c1-c1ccccc1. The number of esters is 1. The van der Waals surface area contributed by atoms with E-state index in [1.807, 2.05) is 49.6 Å². The molecule has 0 aliphatic heterocycles. The molecule has 0 saturated carbocycles. The Hall–Kier alpha value is -2.71. The molecule has 0 radical (unpaired) electrons. The van der Waals surface area contributed by atoms with Crippen molar-refractivity contribution < 1.29 is 24.5 Å². The number of aliphatic hydroxyl groups excluding tert-OH is 2. The highest BCUT2D eigenvalue weighted by Gasteiger charge is 2.21. The Morgan fingerprint density at radius 2 is 1.85 bits per heavy atom. The van der Waals surface area contributed by atoms with Crippen molar-refractivity contribution in [1.29, 1.82) is 0 Å². The largest absolute Gasteiger partial charge is 0.490 e. The Bertz CT molecular complexity index is 1040. The molecule has 0 aliphatic carbocycles. The zero-order valence-corrected chi connectivity index (χ0v) is 20.1. The third-order valence-electron chi connectivity index (χ3n) is 5.20. The van der Waals surface area contributed by atoms with Gasteiger partial charge in [0, 0.05) is 28.9 Å². The highest BCUT2D eigenvalue weighted by atomic mass is 32.1. The third kappa shape index (κ3) is 6.42. The number of thiophene rings is 1. The van der Waals surface area contributed by atoms with Gasteiger partial charge in [0.2, 0.25) is 0 Å². The molecule has 1 unspecified atom stereocenters. The highest BCUT2D eigenvalue weighted by molar-refractivity contribution is 7.10. The first-order chi connectivity index (χ1) is 15.9. The van der Waals surface area contributed by atoms with Crippen molar-refractivity contribution in [2.45, 2.75) is 33.3 Å². The van der Waals surface area contributed by atoms with Gasteiger partial charge in [0.25, 0.3) is 0 Å². The lowest BCUT2D eigenvalue weighted by molar-refractivity contribution is 0.0735. The van der Waals surface area contributed by atoms with Gasteiger partial charge in [-0.15, -0.1) is 11.3 Å². The third-order valence-corrected chi connectivity index (χ3v) is 6.33. The fourth-order valence-electron chi connectivity index (χ4n) is 3.68. The van der Waals surface area contributed by atoms with Crippen molar-refractivity contribution >= 4 is 17.3 Å². The number of hydrogen-bond acceptors (Lipinski definition) is 7. The molecule has 0 aliphatic rings. The van der Waals surface area contributed by atoms with Gasteiger partial charge in [0.1, 0.15) is 24.2 Å². The lowest BCUT2D eigenvalue weighted by Gasteiger charge is -2.17. The minimum atomic E-state index is -0.699. The first kappa shape index (κ1) is 24.9. The summed E-state index contributed by atoms with van der Waals surface area (Å²) in [5.41, 5.74) is 4.14. The van der Waals surface area contributed by atoms with Gasteiger partial charge in [0.05, 0.1) is 12.2 Å². The van der Waals surface area contributed by atoms with E-state index in [1.54, 1.807) is 23.5 Å². The molecule has 0 amide bonds. The fourth-order valence-corrected chi connectivity index (χ4v) is 4.66. The topological polar surface area (TPSA) is 88.0 Å². The Morgan fingerprint density at radius 3 is 2.48 bits per heavy atom. The van der Waals surface area contributed by atoms with E-state index in [-0.39, 0.29) is 19.2 Å². The van der Waals surface area contributed by atoms with Crippen LogP contribution in [0.4, 0.5) is 0 Å². The average molecular weight is 470 g/mol. The number of carbonyl (C=O) groups is 1. The molecule has 2 aromatic carbocycles. The van der Waals surface area contributed by atoms with Crippen LogP contribution in [-0.2, 0) is 6.42 Å². The Labute approximate surface area is 198 Å². The molecular weight excluding hydrogens is 438 g/mol. The van der Waals surface area contributed by atoms with Crippen LogP contribution in [0.3, 0.4) is 0 Å². The van der Waals surface area contributed by atoms with E-state index in [4.69, 9.17) is 14.6 Å². The van der Waals surface area contributed by atoms with E-state index in [2.05, 4.69) is 12.2 Å². The van der Waals surface area contributed by atoms with Crippen LogP contribution >= 0.6 is 11.3 Å². The van der Waals surface area contributed by atoms with Crippen LogP contribution in [0.25, 0.3) is 11.1 Å². The number of nitrogens with one attached hydrogen (secondary N) is 1. The average Bonchev–Trinajstić information content (AvgIpc) is 3.23. The van der Waals surface area contributed by atoms with Crippen LogP contribution in [0.2, 0.25) is 0 Å². The van der Waals surface area contributed by atoms with Gasteiger partial charge in [0.15, 0.2) is 0 Å². The summed E-state index contributed by atoms with van der Waals surface area (Å²) >= 11 is 1.57. The predicted molar refractivity (Wildman–Crippen MR) is 131 cm³/mol. The summed E-state index contributed by atoms with van der Waals surface area (Å²) in [5, 5.41) is 23.6. The molecular formula is C26H31NO5S. The number of aliphatic hydroxyl groups is 2. The van der Waals surface area contributed by atoms with Crippen LogP contribution in [0, 0.1) is 13.8 Å². The fraction of sp³-hybridized carbons (Fsp3) is 0.346. The standard InChI is InChI=1S/C26H31NO5S/c1-4-23-24(19-8-6-5-7-9-19)22(16-33-23)26(30)32-21-12-17(2)25(18(3)13-21)31-15-20(29)14-27-10-11-28/h5-9,12-13,16,20,27-29H,4,10-11,14-15H2,1-3H3. The second kappa shape index (κ2) is 12.0. The molecule has 0 fully saturated rings. The predicted octanol–water partition coefficient (Wildman–Crippen LogP) is 4.14.